The van der Waals surface area contributed by atoms with E-state index in [1.807, 2.05) is 12.1 Å². The number of hydrogen-bond acceptors (Lipinski definition) is 6. The predicted molar refractivity (Wildman–Crippen MR) is 97.2 cm³/mol. The van der Waals surface area contributed by atoms with Crippen molar-refractivity contribution in [2.75, 3.05) is 31.1 Å². The molecule has 0 saturated carbocycles. The van der Waals surface area contributed by atoms with Gasteiger partial charge in [-0.2, -0.15) is 0 Å². The van der Waals surface area contributed by atoms with Crippen molar-refractivity contribution in [3.05, 3.63) is 52.8 Å². The van der Waals surface area contributed by atoms with Crippen LogP contribution in [0.3, 0.4) is 0 Å². The van der Waals surface area contributed by atoms with E-state index in [1.54, 1.807) is 5.48 Å². The summed E-state index contributed by atoms with van der Waals surface area (Å²) in [5.41, 5.74) is 3.11. The van der Waals surface area contributed by atoms with Crippen LogP contribution in [0.1, 0.15) is 15.9 Å². The number of hydrogen-bond donors (Lipinski definition) is 2. The Morgan fingerprint density at radius 3 is 2.31 bits per heavy atom. The zero-order chi connectivity index (χ0) is 18.1. The Morgan fingerprint density at radius 2 is 1.73 bits per heavy atom. The Morgan fingerprint density at radius 1 is 1.12 bits per heavy atom. The van der Waals surface area contributed by atoms with Crippen LogP contribution in [-0.4, -0.2) is 52.2 Å². The van der Waals surface area contributed by atoms with Gasteiger partial charge in [0.05, 0.1) is 5.56 Å². The van der Waals surface area contributed by atoms with Crippen molar-refractivity contribution < 1.29 is 10.0 Å². The van der Waals surface area contributed by atoms with Gasteiger partial charge in [-0.1, -0.05) is 23.7 Å². The van der Waals surface area contributed by atoms with Crippen LogP contribution in [0.25, 0.3) is 0 Å². The number of fused-ring (bicyclic) bond motifs is 1. The summed E-state index contributed by atoms with van der Waals surface area (Å²) in [6.45, 7) is 4.93. The number of aromatic nitrogens is 2. The fourth-order valence-corrected chi connectivity index (χ4v) is 4.02. The maximum Gasteiger partial charge on any atom is 0.277 e. The lowest BCUT2D eigenvalue weighted by Crippen LogP contribution is -2.29. The Hall–Kier alpha value is -2.22. The summed E-state index contributed by atoms with van der Waals surface area (Å²) in [5, 5.41) is 9.41. The molecule has 0 unspecified atom stereocenters. The average Bonchev–Trinajstić information content (AvgIpc) is 3.21. The zero-order valence-electron chi connectivity index (χ0n) is 14.2. The number of halogens is 1. The molecule has 2 atom stereocenters. The molecule has 3 heterocycles. The molecule has 0 radical (unpaired) electrons. The van der Waals surface area contributed by atoms with Crippen LogP contribution in [0.15, 0.2) is 36.7 Å². The van der Waals surface area contributed by atoms with Gasteiger partial charge in [0.15, 0.2) is 0 Å². The summed E-state index contributed by atoms with van der Waals surface area (Å²) in [7, 11) is 0. The van der Waals surface area contributed by atoms with E-state index in [1.165, 1.54) is 18.0 Å². The minimum atomic E-state index is -0.604. The molecule has 8 heteroatoms. The third-order valence-electron chi connectivity index (χ3n) is 5.17. The molecule has 1 aromatic heterocycles. The first kappa shape index (κ1) is 17.2. The number of carbonyl (C=O) groups excluding carboxylic acids is 1. The number of nitrogens with zero attached hydrogens (tertiary/aromatic N) is 4. The molecule has 26 heavy (non-hydrogen) atoms. The Kier molecular flexibility index (Phi) is 4.76. The van der Waals surface area contributed by atoms with Crippen LogP contribution in [0.5, 0.6) is 0 Å². The maximum atomic E-state index is 11.3. The molecular formula is C18H20ClN5O2. The van der Waals surface area contributed by atoms with Crippen LogP contribution in [0.2, 0.25) is 5.02 Å². The van der Waals surface area contributed by atoms with Crippen LogP contribution in [0, 0.1) is 11.8 Å². The van der Waals surface area contributed by atoms with E-state index in [0.717, 1.165) is 37.7 Å². The highest BCUT2D eigenvalue weighted by Crippen LogP contribution is 2.33. The van der Waals surface area contributed by atoms with Gasteiger partial charge in [0.25, 0.3) is 5.91 Å². The van der Waals surface area contributed by atoms with Gasteiger partial charge in [0.2, 0.25) is 5.95 Å². The number of nitrogens with one attached hydrogen (secondary N) is 1. The molecule has 2 fully saturated rings. The summed E-state index contributed by atoms with van der Waals surface area (Å²) < 4.78 is 0. The van der Waals surface area contributed by atoms with Crippen LogP contribution >= 0.6 is 11.6 Å². The van der Waals surface area contributed by atoms with E-state index < -0.39 is 5.91 Å². The van der Waals surface area contributed by atoms with Gasteiger partial charge in [-0.25, -0.2) is 15.4 Å². The van der Waals surface area contributed by atoms with Crippen molar-refractivity contribution in [2.45, 2.75) is 6.54 Å². The second-order valence-corrected chi connectivity index (χ2v) is 7.39. The Balaban J connectivity index is 1.34. The number of carbonyl (C=O) groups is 1. The minimum Gasteiger partial charge on any atom is -0.340 e. The molecule has 1 amide bonds. The lowest BCUT2D eigenvalue weighted by Gasteiger charge is -2.21. The van der Waals surface area contributed by atoms with Gasteiger partial charge in [0.1, 0.15) is 0 Å². The number of benzene rings is 1. The fourth-order valence-electron chi connectivity index (χ4n) is 3.90. The molecule has 2 saturated heterocycles. The highest BCUT2D eigenvalue weighted by atomic mass is 35.5. The van der Waals surface area contributed by atoms with Crippen molar-refractivity contribution in [2.24, 2.45) is 11.8 Å². The average molecular weight is 374 g/mol. The van der Waals surface area contributed by atoms with Crippen LogP contribution in [0.4, 0.5) is 5.95 Å². The van der Waals surface area contributed by atoms with Crippen molar-refractivity contribution in [3.8, 4) is 0 Å². The largest absolute Gasteiger partial charge is 0.340 e. The number of anilines is 1. The van der Waals surface area contributed by atoms with Gasteiger partial charge >= 0.3 is 0 Å². The Labute approximate surface area is 156 Å². The van der Waals surface area contributed by atoms with E-state index in [2.05, 4.69) is 31.9 Å². The number of amides is 1. The van der Waals surface area contributed by atoms with Gasteiger partial charge in [-0.3, -0.25) is 14.9 Å². The first-order chi connectivity index (χ1) is 12.6. The lowest BCUT2D eigenvalue weighted by molar-refractivity contribution is 0.0705. The molecule has 7 nitrogen and oxygen atoms in total. The zero-order valence-corrected chi connectivity index (χ0v) is 14.9. The summed E-state index contributed by atoms with van der Waals surface area (Å²) in [4.78, 5) is 24.5. The number of likely N-dealkylation sites (tertiary alicyclic amines) is 1. The summed E-state index contributed by atoms with van der Waals surface area (Å²) in [6.07, 6.45) is 2.88. The number of hydroxylamine groups is 1. The highest BCUT2D eigenvalue weighted by molar-refractivity contribution is 6.30. The van der Waals surface area contributed by atoms with E-state index in [-0.39, 0.29) is 5.56 Å². The highest BCUT2D eigenvalue weighted by Gasteiger charge is 2.40. The van der Waals surface area contributed by atoms with E-state index in [9.17, 15) is 4.79 Å². The predicted octanol–water partition coefficient (Wildman–Crippen LogP) is 1.82. The van der Waals surface area contributed by atoms with Crippen LogP contribution in [-0.2, 0) is 6.54 Å². The minimum absolute atomic E-state index is 0.241. The SMILES string of the molecule is O=C(NO)c1cnc(N2C[C@H]3CN(Cc4ccc(Cl)cc4)C[C@H]3C2)nc1. The molecule has 136 valence electrons. The lowest BCUT2D eigenvalue weighted by atomic mass is 10.0. The third-order valence-corrected chi connectivity index (χ3v) is 5.42. The Bertz CT molecular complexity index is 769. The molecule has 2 N–H and O–H groups in total. The van der Waals surface area contributed by atoms with Crippen molar-refractivity contribution in [1.82, 2.24) is 20.3 Å². The molecule has 2 aliphatic heterocycles. The van der Waals surface area contributed by atoms with Gasteiger partial charge in [-0.05, 0) is 29.5 Å². The van der Waals surface area contributed by atoms with Crippen molar-refractivity contribution >= 4 is 23.5 Å². The standard InChI is InChI=1S/C18H20ClN5O2/c19-16-3-1-12(2-4-16)7-23-8-14-10-24(11-15(14)9-23)18-20-5-13(6-21-18)17(25)22-26/h1-6,14-15,26H,7-11H2,(H,22,25)/t14-,15+. The van der Waals surface area contributed by atoms with Crippen molar-refractivity contribution in [1.29, 1.82) is 0 Å². The molecule has 0 bridgehead atoms. The molecular weight excluding hydrogens is 354 g/mol. The second-order valence-electron chi connectivity index (χ2n) is 6.96. The second kappa shape index (κ2) is 7.19. The van der Waals surface area contributed by atoms with E-state index >= 15 is 0 Å². The van der Waals surface area contributed by atoms with Gasteiger partial charge < -0.3 is 4.90 Å². The van der Waals surface area contributed by atoms with E-state index in [4.69, 9.17) is 16.8 Å². The fraction of sp³-hybridized carbons (Fsp3) is 0.389. The van der Waals surface area contributed by atoms with Gasteiger partial charge in [0, 0.05) is 50.1 Å². The maximum absolute atomic E-state index is 11.3. The summed E-state index contributed by atoms with van der Waals surface area (Å²) in [6, 6.07) is 8.04. The quantitative estimate of drug-likeness (QED) is 0.628. The molecule has 2 aliphatic rings. The third kappa shape index (κ3) is 3.51. The van der Waals surface area contributed by atoms with Gasteiger partial charge in [-0.15, -0.1) is 0 Å². The topological polar surface area (TPSA) is 81.6 Å². The smallest absolute Gasteiger partial charge is 0.277 e. The van der Waals surface area contributed by atoms with E-state index in [0.29, 0.717) is 17.8 Å². The summed E-state index contributed by atoms with van der Waals surface area (Å²) in [5.74, 6) is 1.24. The first-order valence-electron chi connectivity index (χ1n) is 8.60. The molecule has 2 aromatic rings. The molecule has 0 aliphatic carbocycles. The summed E-state index contributed by atoms with van der Waals surface area (Å²) >= 11 is 5.95. The first-order valence-corrected chi connectivity index (χ1v) is 8.98. The molecule has 4 rings (SSSR count). The van der Waals surface area contributed by atoms with Crippen molar-refractivity contribution in [3.63, 3.8) is 0 Å². The monoisotopic (exact) mass is 373 g/mol. The molecule has 1 aromatic carbocycles. The molecule has 0 spiro atoms. The number of rotatable bonds is 4. The normalized spacial score (nSPS) is 22.5. The van der Waals surface area contributed by atoms with Crippen LogP contribution < -0.4 is 10.4 Å².